The molecular formula is C19H23Cl2N3O4. The van der Waals surface area contributed by atoms with Crippen LogP contribution in [0.1, 0.15) is 44.1 Å². The summed E-state index contributed by atoms with van der Waals surface area (Å²) in [6, 6.07) is 3.24. The molecule has 2 heterocycles. The van der Waals surface area contributed by atoms with Crippen LogP contribution < -0.4 is 15.4 Å². The van der Waals surface area contributed by atoms with Crippen molar-refractivity contribution in [2.75, 3.05) is 20.2 Å². The van der Waals surface area contributed by atoms with E-state index in [0.717, 1.165) is 18.4 Å². The first-order valence-electron chi connectivity index (χ1n) is 9.18. The molecule has 0 spiro atoms. The number of carbonyl (C=O) groups excluding carboxylic acids is 3. The van der Waals surface area contributed by atoms with Crippen molar-refractivity contribution < 1.29 is 19.1 Å². The normalized spacial score (nSPS) is 22.8. The Morgan fingerprint density at radius 1 is 1.29 bits per heavy atom. The predicted molar refractivity (Wildman–Crippen MR) is 106 cm³/mol. The van der Waals surface area contributed by atoms with E-state index in [4.69, 9.17) is 27.9 Å². The van der Waals surface area contributed by atoms with Crippen molar-refractivity contribution in [2.45, 2.75) is 44.1 Å². The van der Waals surface area contributed by atoms with Gasteiger partial charge in [0.25, 0.3) is 5.91 Å². The number of piperidine rings is 1. The third-order valence-corrected chi connectivity index (χ3v) is 6.30. The van der Waals surface area contributed by atoms with Crippen LogP contribution in [0.4, 0.5) is 4.79 Å². The van der Waals surface area contributed by atoms with Crippen molar-refractivity contribution in [3.05, 3.63) is 27.7 Å². The van der Waals surface area contributed by atoms with Crippen molar-refractivity contribution in [1.29, 1.82) is 0 Å². The van der Waals surface area contributed by atoms with Gasteiger partial charge in [0.2, 0.25) is 5.91 Å². The smallest absolute Gasteiger partial charge is 0.322 e. The zero-order valence-electron chi connectivity index (χ0n) is 15.8. The van der Waals surface area contributed by atoms with Crippen LogP contribution in [0.5, 0.6) is 5.75 Å². The summed E-state index contributed by atoms with van der Waals surface area (Å²) < 4.78 is 5.28. The maximum Gasteiger partial charge on any atom is 0.322 e. The molecule has 1 aromatic rings. The maximum atomic E-state index is 12.6. The minimum Gasteiger partial charge on any atom is -0.495 e. The number of hydrogen-bond acceptors (Lipinski definition) is 4. The topological polar surface area (TPSA) is 87.7 Å². The second-order valence-electron chi connectivity index (χ2n) is 7.41. The van der Waals surface area contributed by atoms with Gasteiger partial charge in [0.15, 0.2) is 0 Å². The third-order valence-electron chi connectivity index (χ3n) is 5.51. The monoisotopic (exact) mass is 427 g/mol. The quantitative estimate of drug-likeness (QED) is 0.706. The van der Waals surface area contributed by atoms with E-state index in [9.17, 15) is 14.4 Å². The van der Waals surface area contributed by atoms with Gasteiger partial charge >= 0.3 is 6.03 Å². The van der Waals surface area contributed by atoms with E-state index in [1.165, 1.54) is 0 Å². The average Bonchev–Trinajstić information content (AvgIpc) is 2.94. The molecule has 1 aromatic carbocycles. The van der Waals surface area contributed by atoms with E-state index >= 15 is 0 Å². The molecule has 2 fully saturated rings. The highest BCUT2D eigenvalue weighted by molar-refractivity contribution is 6.43. The number of rotatable bonds is 5. The number of nitrogens with zero attached hydrogens (tertiary/aromatic N) is 1. The Kier molecular flexibility index (Phi) is 6.05. The Labute approximate surface area is 173 Å². The van der Waals surface area contributed by atoms with E-state index in [2.05, 4.69) is 10.6 Å². The molecule has 1 atom stereocenters. The number of halogens is 2. The lowest BCUT2D eigenvalue weighted by Gasteiger charge is -2.33. The Hall–Kier alpha value is -1.99. The number of methoxy groups -OCH3 is 1. The van der Waals surface area contributed by atoms with Gasteiger partial charge in [0.05, 0.1) is 12.1 Å². The molecule has 4 amide bonds. The molecule has 0 radical (unpaired) electrons. The predicted octanol–water partition coefficient (Wildman–Crippen LogP) is 3.09. The second kappa shape index (κ2) is 8.17. The molecule has 2 aliphatic rings. The number of hydrogen-bond donors (Lipinski definition) is 2. The largest absolute Gasteiger partial charge is 0.495 e. The van der Waals surface area contributed by atoms with E-state index in [-0.39, 0.29) is 24.7 Å². The molecule has 2 saturated heterocycles. The summed E-state index contributed by atoms with van der Waals surface area (Å²) in [6.07, 6.45) is 2.09. The second-order valence-corrected chi connectivity index (χ2v) is 8.20. The minimum absolute atomic E-state index is 0.0136. The highest BCUT2D eigenvalue weighted by Crippen LogP contribution is 2.38. The number of carbonyl (C=O) groups is 3. The zero-order chi connectivity index (χ0) is 20.5. The molecule has 2 N–H and O–H groups in total. The van der Waals surface area contributed by atoms with E-state index in [1.54, 1.807) is 14.0 Å². The van der Waals surface area contributed by atoms with E-state index in [0.29, 0.717) is 28.9 Å². The zero-order valence-corrected chi connectivity index (χ0v) is 17.3. The number of benzene rings is 1. The van der Waals surface area contributed by atoms with Crippen molar-refractivity contribution >= 4 is 41.0 Å². The molecule has 0 bridgehead atoms. The first-order valence-corrected chi connectivity index (χ1v) is 9.93. The van der Waals surface area contributed by atoms with Crippen molar-refractivity contribution in [2.24, 2.45) is 0 Å². The average molecular weight is 428 g/mol. The first-order chi connectivity index (χ1) is 13.2. The standard InChI is InChI=1S/C19H23Cl2N3O4/c1-19(17(26)22-18(27)23-19)6-3-15(25)24-7-4-11(5-8-24)12-9-13(20)16(21)14(10-12)28-2/h9-11H,3-8H2,1-2H3,(H2,22,23,26,27)/t19-/m1/s1. The van der Waals surface area contributed by atoms with Crippen LogP contribution in [0.2, 0.25) is 10.0 Å². The fraction of sp³-hybridized carbons (Fsp3) is 0.526. The lowest BCUT2D eigenvalue weighted by Crippen LogP contribution is -2.45. The van der Waals surface area contributed by atoms with Gasteiger partial charge in [0, 0.05) is 19.5 Å². The summed E-state index contributed by atoms with van der Waals surface area (Å²) in [5.41, 5.74) is 0.0259. The molecule has 0 aromatic heterocycles. The van der Waals surface area contributed by atoms with Gasteiger partial charge in [-0.2, -0.15) is 0 Å². The Morgan fingerprint density at radius 3 is 2.54 bits per heavy atom. The lowest BCUT2D eigenvalue weighted by molar-refractivity contribution is -0.133. The lowest BCUT2D eigenvalue weighted by atomic mass is 9.89. The molecular weight excluding hydrogens is 405 g/mol. The molecule has 3 rings (SSSR count). The van der Waals surface area contributed by atoms with Crippen LogP contribution in [-0.4, -0.2) is 48.5 Å². The summed E-state index contributed by atoms with van der Waals surface area (Å²) in [6.45, 7) is 2.88. The maximum absolute atomic E-state index is 12.6. The van der Waals surface area contributed by atoms with Gasteiger partial charge in [-0.3, -0.25) is 14.9 Å². The van der Waals surface area contributed by atoms with Crippen molar-refractivity contribution in [3.63, 3.8) is 0 Å². The summed E-state index contributed by atoms with van der Waals surface area (Å²) in [5.74, 6) is 0.413. The third kappa shape index (κ3) is 4.20. The molecule has 7 nitrogen and oxygen atoms in total. The van der Waals surface area contributed by atoms with Gasteiger partial charge in [-0.25, -0.2) is 4.79 Å². The van der Waals surface area contributed by atoms with Crippen LogP contribution >= 0.6 is 23.2 Å². The van der Waals surface area contributed by atoms with Gasteiger partial charge in [0.1, 0.15) is 16.3 Å². The fourth-order valence-corrected chi connectivity index (χ4v) is 4.11. The summed E-state index contributed by atoms with van der Waals surface area (Å²) >= 11 is 12.3. The SMILES string of the molecule is COc1cc(C2CCN(C(=O)CC[C@@]3(C)NC(=O)NC3=O)CC2)cc(Cl)c1Cl. The number of likely N-dealkylation sites (tertiary alicyclic amines) is 1. The first kappa shape index (κ1) is 20.7. The molecule has 0 saturated carbocycles. The van der Waals surface area contributed by atoms with Gasteiger partial charge < -0.3 is 15.0 Å². The highest BCUT2D eigenvalue weighted by Gasteiger charge is 2.42. The number of urea groups is 1. The van der Waals surface area contributed by atoms with Crippen LogP contribution in [0.25, 0.3) is 0 Å². The molecule has 0 unspecified atom stereocenters. The molecule has 9 heteroatoms. The van der Waals surface area contributed by atoms with Gasteiger partial charge in [-0.15, -0.1) is 0 Å². The van der Waals surface area contributed by atoms with E-state index in [1.807, 2.05) is 17.0 Å². The van der Waals surface area contributed by atoms with Crippen LogP contribution in [-0.2, 0) is 9.59 Å². The number of imide groups is 1. The number of ether oxygens (including phenoxy) is 1. The minimum atomic E-state index is -1.03. The van der Waals surface area contributed by atoms with Gasteiger partial charge in [-0.05, 0) is 49.8 Å². The molecule has 2 aliphatic heterocycles. The highest BCUT2D eigenvalue weighted by atomic mass is 35.5. The number of amides is 4. The van der Waals surface area contributed by atoms with E-state index < -0.39 is 17.5 Å². The van der Waals surface area contributed by atoms with Gasteiger partial charge in [-0.1, -0.05) is 23.2 Å². The summed E-state index contributed by atoms with van der Waals surface area (Å²) in [7, 11) is 1.55. The van der Waals surface area contributed by atoms with Crippen molar-refractivity contribution in [1.82, 2.24) is 15.5 Å². The van der Waals surface area contributed by atoms with Crippen LogP contribution in [0, 0.1) is 0 Å². The summed E-state index contributed by atoms with van der Waals surface area (Å²) in [5, 5.41) is 5.65. The molecule has 28 heavy (non-hydrogen) atoms. The van der Waals surface area contributed by atoms with Crippen molar-refractivity contribution in [3.8, 4) is 5.75 Å². The Balaban J connectivity index is 1.55. The molecule has 0 aliphatic carbocycles. The Bertz CT molecular complexity index is 809. The summed E-state index contributed by atoms with van der Waals surface area (Å²) in [4.78, 5) is 37.5. The Morgan fingerprint density at radius 2 is 1.96 bits per heavy atom. The van der Waals surface area contributed by atoms with Crippen LogP contribution in [0.15, 0.2) is 12.1 Å². The van der Waals surface area contributed by atoms with Crippen LogP contribution in [0.3, 0.4) is 0 Å². The number of nitrogens with one attached hydrogen (secondary N) is 2. The fourth-order valence-electron chi connectivity index (χ4n) is 3.70. The molecule has 152 valence electrons.